The molecule has 0 spiro atoms. The Labute approximate surface area is 126 Å². The summed E-state index contributed by atoms with van der Waals surface area (Å²) in [5, 5.41) is 0. The van der Waals surface area contributed by atoms with Gasteiger partial charge in [0, 0.05) is 5.56 Å². The van der Waals surface area contributed by atoms with Crippen LogP contribution in [0.15, 0.2) is 55.1 Å². The first-order valence-corrected chi connectivity index (χ1v) is 7.04. The Morgan fingerprint density at radius 1 is 1.19 bits per heavy atom. The number of carbonyl (C=O) groups excluding carboxylic acids is 1. The molecule has 2 nitrogen and oxygen atoms in total. The van der Waals surface area contributed by atoms with Gasteiger partial charge in [-0.1, -0.05) is 42.0 Å². The molecule has 0 aliphatic rings. The molecule has 2 aromatic rings. The Bertz CT molecular complexity index is 656. The molecule has 0 aliphatic carbocycles. The van der Waals surface area contributed by atoms with Crippen LogP contribution in [0.4, 0.5) is 0 Å². The number of aryl methyl sites for hydroxylation is 2. The third kappa shape index (κ3) is 3.82. The lowest BCUT2D eigenvalue weighted by molar-refractivity contribution is 0.0920. The fraction of sp³-hybridized carbons (Fsp3) is 0.211. The molecule has 2 heteroatoms. The molecular weight excluding hydrogens is 260 g/mol. The predicted octanol–water partition coefficient (Wildman–Crippen LogP) is 4.29. The van der Waals surface area contributed by atoms with Crippen LogP contribution in [0.3, 0.4) is 0 Å². The highest BCUT2D eigenvalue weighted by Crippen LogP contribution is 2.19. The van der Waals surface area contributed by atoms with Crippen molar-refractivity contribution in [2.75, 3.05) is 6.61 Å². The van der Waals surface area contributed by atoms with Crippen molar-refractivity contribution in [1.29, 1.82) is 0 Å². The minimum atomic E-state index is 0.00426. The van der Waals surface area contributed by atoms with Gasteiger partial charge < -0.3 is 4.74 Å². The SMILES string of the molecule is C=CCc1ccccc1OCC(=O)c1cc(C)ccc1C. The number of ketones is 1. The summed E-state index contributed by atoms with van der Waals surface area (Å²) in [4.78, 5) is 12.3. The third-order valence-electron chi connectivity index (χ3n) is 3.39. The molecule has 21 heavy (non-hydrogen) atoms. The monoisotopic (exact) mass is 280 g/mol. The van der Waals surface area contributed by atoms with Crippen LogP contribution < -0.4 is 4.74 Å². The Balaban J connectivity index is 2.11. The Kier molecular flexibility index (Phi) is 4.94. The molecule has 0 unspecified atom stereocenters. The first-order valence-electron chi connectivity index (χ1n) is 7.04. The fourth-order valence-electron chi connectivity index (χ4n) is 2.23. The lowest BCUT2D eigenvalue weighted by Crippen LogP contribution is -2.13. The highest BCUT2D eigenvalue weighted by molar-refractivity contribution is 5.98. The van der Waals surface area contributed by atoms with E-state index in [9.17, 15) is 4.79 Å². The van der Waals surface area contributed by atoms with E-state index in [-0.39, 0.29) is 12.4 Å². The van der Waals surface area contributed by atoms with Gasteiger partial charge in [-0.25, -0.2) is 0 Å². The lowest BCUT2D eigenvalue weighted by Gasteiger charge is -2.11. The van der Waals surface area contributed by atoms with Gasteiger partial charge >= 0.3 is 0 Å². The molecule has 2 rings (SSSR count). The van der Waals surface area contributed by atoms with Gasteiger partial charge in [0.15, 0.2) is 12.4 Å². The quantitative estimate of drug-likeness (QED) is 0.582. The lowest BCUT2D eigenvalue weighted by atomic mass is 10.0. The van der Waals surface area contributed by atoms with Crippen molar-refractivity contribution in [3.05, 3.63) is 77.4 Å². The molecular formula is C19H20O2. The Morgan fingerprint density at radius 2 is 1.95 bits per heavy atom. The number of para-hydroxylation sites is 1. The van der Waals surface area contributed by atoms with Crippen LogP contribution in [-0.4, -0.2) is 12.4 Å². The van der Waals surface area contributed by atoms with Crippen molar-refractivity contribution < 1.29 is 9.53 Å². The topological polar surface area (TPSA) is 26.3 Å². The predicted molar refractivity (Wildman–Crippen MR) is 86.1 cm³/mol. The van der Waals surface area contributed by atoms with Crippen LogP contribution in [0.1, 0.15) is 27.0 Å². The average Bonchev–Trinajstić information content (AvgIpc) is 2.49. The van der Waals surface area contributed by atoms with E-state index in [4.69, 9.17) is 4.74 Å². The molecule has 0 saturated heterocycles. The maximum atomic E-state index is 12.3. The van der Waals surface area contributed by atoms with Gasteiger partial charge in [0.05, 0.1) is 0 Å². The highest BCUT2D eigenvalue weighted by Gasteiger charge is 2.11. The van der Waals surface area contributed by atoms with Gasteiger partial charge in [-0.3, -0.25) is 4.79 Å². The molecule has 0 amide bonds. The van der Waals surface area contributed by atoms with Crippen molar-refractivity contribution >= 4 is 5.78 Å². The van der Waals surface area contributed by atoms with E-state index in [1.165, 1.54) is 0 Å². The van der Waals surface area contributed by atoms with Gasteiger partial charge in [-0.05, 0) is 43.5 Å². The summed E-state index contributed by atoms with van der Waals surface area (Å²) >= 11 is 0. The van der Waals surface area contributed by atoms with Gasteiger partial charge in [-0.2, -0.15) is 0 Å². The summed E-state index contributed by atoms with van der Waals surface area (Å²) in [5.74, 6) is 0.751. The molecule has 0 radical (unpaired) electrons. The van der Waals surface area contributed by atoms with E-state index in [2.05, 4.69) is 6.58 Å². The van der Waals surface area contributed by atoms with Gasteiger partial charge in [-0.15, -0.1) is 6.58 Å². The van der Waals surface area contributed by atoms with E-state index < -0.39 is 0 Å². The summed E-state index contributed by atoms with van der Waals surface area (Å²) in [5.41, 5.74) is 3.84. The van der Waals surface area contributed by atoms with E-state index in [0.29, 0.717) is 0 Å². The second-order valence-electron chi connectivity index (χ2n) is 5.13. The zero-order valence-corrected chi connectivity index (χ0v) is 12.6. The maximum Gasteiger partial charge on any atom is 0.200 e. The third-order valence-corrected chi connectivity index (χ3v) is 3.39. The fourth-order valence-corrected chi connectivity index (χ4v) is 2.23. The molecule has 0 aliphatic heterocycles. The minimum Gasteiger partial charge on any atom is -0.485 e. The molecule has 2 aromatic carbocycles. The molecule has 0 fully saturated rings. The zero-order valence-electron chi connectivity index (χ0n) is 12.6. The van der Waals surface area contributed by atoms with Crippen LogP contribution in [0, 0.1) is 13.8 Å². The number of rotatable bonds is 6. The largest absolute Gasteiger partial charge is 0.485 e. The second kappa shape index (κ2) is 6.89. The van der Waals surface area contributed by atoms with E-state index in [1.807, 2.05) is 62.4 Å². The number of allylic oxidation sites excluding steroid dienone is 1. The van der Waals surface area contributed by atoms with Crippen molar-refractivity contribution in [3.8, 4) is 5.75 Å². The van der Waals surface area contributed by atoms with Crippen LogP contribution in [-0.2, 0) is 6.42 Å². The molecule has 0 bridgehead atoms. The number of ether oxygens (including phenoxy) is 1. The van der Waals surface area contributed by atoms with Gasteiger partial charge in [0.1, 0.15) is 5.75 Å². The van der Waals surface area contributed by atoms with Crippen LogP contribution in [0.25, 0.3) is 0 Å². The summed E-state index contributed by atoms with van der Waals surface area (Å²) in [6.07, 6.45) is 2.56. The number of Topliss-reactive ketones (excluding diaryl/α,β-unsaturated/α-hetero) is 1. The van der Waals surface area contributed by atoms with E-state index in [0.717, 1.165) is 34.4 Å². The van der Waals surface area contributed by atoms with Gasteiger partial charge in [0.25, 0.3) is 0 Å². The van der Waals surface area contributed by atoms with Crippen molar-refractivity contribution in [3.63, 3.8) is 0 Å². The number of carbonyl (C=O) groups is 1. The molecule has 0 aromatic heterocycles. The Morgan fingerprint density at radius 3 is 2.71 bits per heavy atom. The summed E-state index contributed by atoms with van der Waals surface area (Å²) in [7, 11) is 0. The first-order chi connectivity index (χ1) is 10.1. The number of benzene rings is 2. The summed E-state index contributed by atoms with van der Waals surface area (Å²) < 4.78 is 5.70. The van der Waals surface area contributed by atoms with E-state index >= 15 is 0 Å². The molecule has 0 N–H and O–H groups in total. The first kappa shape index (κ1) is 15.0. The van der Waals surface area contributed by atoms with Crippen LogP contribution in [0.2, 0.25) is 0 Å². The normalized spacial score (nSPS) is 10.2. The average molecular weight is 280 g/mol. The molecule has 0 heterocycles. The Hall–Kier alpha value is -2.35. The van der Waals surface area contributed by atoms with Crippen molar-refractivity contribution in [2.45, 2.75) is 20.3 Å². The molecule has 0 atom stereocenters. The van der Waals surface area contributed by atoms with Gasteiger partial charge in [0.2, 0.25) is 0 Å². The maximum absolute atomic E-state index is 12.3. The molecule has 0 saturated carbocycles. The van der Waals surface area contributed by atoms with Crippen molar-refractivity contribution in [2.24, 2.45) is 0 Å². The summed E-state index contributed by atoms with van der Waals surface area (Å²) in [6, 6.07) is 13.6. The standard InChI is InChI=1S/C19H20O2/c1-4-7-16-8-5-6-9-19(16)21-13-18(20)17-12-14(2)10-11-15(17)3/h4-6,8-12H,1,7,13H2,2-3H3. The summed E-state index contributed by atoms with van der Waals surface area (Å²) in [6.45, 7) is 7.72. The number of hydrogen-bond acceptors (Lipinski definition) is 2. The smallest absolute Gasteiger partial charge is 0.200 e. The number of hydrogen-bond donors (Lipinski definition) is 0. The van der Waals surface area contributed by atoms with Crippen LogP contribution in [0.5, 0.6) is 5.75 Å². The second-order valence-corrected chi connectivity index (χ2v) is 5.13. The minimum absolute atomic E-state index is 0.00426. The zero-order chi connectivity index (χ0) is 15.2. The highest BCUT2D eigenvalue weighted by atomic mass is 16.5. The molecule has 108 valence electrons. The van der Waals surface area contributed by atoms with E-state index in [1.54, 1.807) is 0 Å². The van der Waals surface area contributed by atoms with Crippen LogP contribution >= 0.6 is 0 Å². The van der Waals surface area contributed by atoms with Crippen molar-refractivity contribution in [1.82, 2.24) is 0 Å².